The zero-order chi connectivity index (χ0) is 24.3. The first-order chi connectivity index (χ1) is 15.8. The van der Waals surface area contributed by atoms with Gasteiger partial charge in [-0.3, -0.25) is 9.59 Å². The van der Waals surface area contributed by atoms with Crippen molar-refractivity contribution >= 4 is 11.7 Å². The smallest absolute Gasteiger partial charge is 0.275 e. The lowest BCUT2D eigenvalue weighted by molar-refractivity contribution is -0.882. The van der Waals surface area contributed by atoms with Gasteiger partial charge in [0, 0.05) is 24.1 Å². The van der Waals surface area contributed by atoms with E-state index in [1.54, 1.807) is 24.3 Å². The molecule has 0 fully saturated rings. The maximum atomic E-state index is 12.1. The van der Waals surface area contributed by atoms with E-state index in [0.29, 0.717) is 66.4 Å². The minimum Gasteiger partial charge on any atom is -1.00 e. The number of para-hydroxylation sites is 1. The number of quaternary nitrogens is 1. The number of nitrogens with zero attached hydrogens (tertiary/aromatic N) is 1. The van der Waals surface area contributed by atoms with E-state index < -0.39 is 0 Å². The summed E-state index contributed by atoms with van der Waals surface area (Å²) < 4.78 is 12.8. The van der Waals surface area contributed by atoms with E-state index in [1.807, 2.05) is 52.2 Å². The largest absolute Gasteiger partial charge is 1.00 e. The van der Waals surface area contributed by atoms with Crippen LogP contribution in [-0.2, 0) is 11.2 Å². The maximum absolute atomic E-state index is 12.1. The van der Waals surface area contributed by atoms with Crippen LogP contribution in [0.2, 0.25) is 0 Å². The van der Waals surface area contributed by atoms with Crippen LogP contribution in [0, 0.1) is 0 Å². The van der Waals surface area contributed by atoms with E-state index in [-0.39, 0.29) is 28.7 Å². The van der Waals surface area contributed by atoms with Crippen LogP contribution in [0.1, 0.15) is 42.6 Å². The van der Waals surface area contributed by atoms with Gasteiger partial charge in [0.2, 0.25) is 0 Å². The number of Topliss-reactive ketones (excluding diaryl/α,β-unsaturated/α-hetero) is 1. The molecular weight excluding hydrogens is 496 g/mol. The van der Waals surface area contributed by atoms with Crippen LogP contribution in [0.5, 0.6) is 17.2 Å². The van der Waals surface area contributed by atoms with Crippen molar-refractivity contribution < 1.29 is 40.5 Å². The Hall–Kier alpha value is -2.64. The lowest BCUT2D eigenvalue weighted by atomic mass is 10.1. The van der Waals surface area contributed by atoms with Gasteiger partial charge < -0.3 is 36.3 Å². The number of rotatable bonds is 14. The van der Waals surface area contributed by atoms with Crippen molar-refractivity contribution in [3.8, 4) is 17.2 Å². The van der Waals surface area contributed by atoms with E-state index in [0.717, 1.165) is 12.0 Å². The number of likely N-dealkylation sites (N-methyl/N-ethyl adjacent to an activating group) is 1. The Morgan fingerprint density at radius 1 is 1.09 bits per heavy atom. The summed E-state index contributed by atoms with van der Waals surface area (Å²) in [6, 6.07) is 12.9. The highest BCUT2D eigenvalue weighted by Crippen LogP contribution is 2.35. The number of halogens is 1. The van der Waals surface area contributed by atoms with Crippen LogP contribution < -0.4 is 31.8 Å². The van der Waals surface area contributed by atoms with Crippen molar-refractivity contribution in [2.45, 2.75) is 33.1 Å². The number of ether oxygens (including phenoxy) is 2. The van der Waals surface area contributed by atoms with Gasteiger partial charge in [0.05, 0.1) is 14.1 Å². The normalized spacial score (nSPS) is 10.7. The summed E-state index contributed by atoms with van der Waals surface area (Å²) in [7, 11) is 4.03. The second kappa shape index (κ2) is 14.6. The summed E-state index contributed by atoms with van der Waals surface area (Å²) in [4.78, 5) is 24.0. The molecule has 0 aliphatic carbocycles. The topological polar surface area (TPSA) is 64.6 Å². The van der Waals surface area contributed by atoms with Gasteiger partial charge in [0.1, 0.15) is 18.9 Å². The van der Waals surface area contributed by atoms with Crippen LogP contribution in [0.4, 0.5) is 0 Å². The third kappa shape index (κ3) is 9.31. The molecule has 2 aromatic carbocycles. The summed E-state index contributed by atoms with van der Waals surface area (Å²) in [6.07, 6.45) is 3.86. The molecular formula is C27H37BrN2O4. The van der Waals surface area contributed by atoms with E-state index in [9.17, 15) is 9.59 Å². The third-order valence-electron chi connectivity index (χ3n) is 5.24. The van der Waals surface area contributed by atoms with Crippen molar-refractivity contribution in [2.24, 2.45) is 0 Å². The molecule has 0 saturated heterocycles. The zero-order valence-electron chi connectivity index (χ0n) is 20.7. The van der Waals surface area contributed by atoms with E-state index in [4.69, 9.17) is 9.47 Å². The van der Waals surface area contributed by atoms with Crippen molar-refractivity contribution in [1.82, 2.24) is 5.32 Å². The van der Waals surface area contributed by atoms with Crippen molar-refractivity contribution in [2.75, 3.05) is 40.3 Å². The molecule has 0 spiro atoms. The Morgan fingerprint density at radius 3 is 2.41 bits per heavy atom. The van der Waals surface area contributed by atoms with Gasteiger partial charge in [-0.2, -0.15) is 0 Å². The first-order valence-corrected chi connectivity index (χ1v) is 11.5. The van der Waals surface area contributed by atoms with E-state index in [2.05, 4.69) is 11.9 Å². The maximum Gasteiger partial charge on any atom is 0.275 e. The number of nitrogens with one attached hydrogen (secondary N) is 1. The standard InChI is InChI=1S/C27H36N2O4.BrH/c1-6-10-22-11-9-12-25(33-23-15-13-21(14-16-23)24(30)8-3)27(22)32-19-18-29(4,5)20-26(31)28-17-7-2;/h6,9,11-16H,1,7-8,10,17-20H2,2-5H3;1H. The summed E-state index contributed by atoms with van der Waals surface area (Å²) in [5, 5.41) is 2.93. The van der Waals surface area contributed by atoms with Crippen molar-refractivity contribution in [3.63, 3.8) is 0 Å². The number of allylic oxidation sites excluding steroid dienone is 1. The fourth-order valence-electron chi connectivity index (χ4n) is 3.34. The van der Waals surface area contributed by atoms with Crippen molar-refractivity contribution in [1.29, 1.82) is 0 Å². The number of hydrogen-bond donors (Lipinski definition) is 1. The number of amides is 1. The van der Waals surface area contributed by atoms with E-state index >= 15 is 0 Å². The molecule has 7 heteroatoms. The Labute approximate surface area is 214 Å². The fourth-order valence-corrected chi connectivity index (χ4v) is 3.34. The van der Waals surface area contributed by atoms with Crippen LogP contribution in [0.3, 0.4) is 0 Å². The zero-order valence-corrected chi connectivity index (χ0v) is 22.3. The molecule has 2 rings (SSSR count). The molecule has 2 aromatic rings. The van der Waals surface area contributed by atoms with Gasteiger partial charge >= 0.3 is 0 Å². The number of hydrogen-bond acceptors (Lipinski definition) is 4. The molecule has 1 N–H and O–H groups in total. The molecule has 0 aliphatic heterocycles. The third-order valence-corrected chi connectivity index (χ3v) is 5.24. The minimum absolute atomic E-state index is 0. The Morgan fingerprint density at radius 2 is 1.79 bits per heavy atom. The van der Waals surface area contributed by atoms with Crippen molar-refractivity contribution in [3.05, 3.63) is 66.2 Å². The molecule has 0 bridgehead atoms. The molecule has 0 radical (unpaired) electrons. The summed E-state index contributed by atoms with van der Waals surface area (Å²) >= 11 is 0. The van der Waals surface area contributed by atoms with Gasteiger partial charge in [0.25, 0.3) is 5.91 Å². The average Bonchev–Trinajstić information content (AvgIpc) is 2.79. The quantitative estimate of drug-likeness (QED) is 0.229. The Kier molecular flexibility index (Phi) is 12.6. The van der Waals surface area contributed by atoms with Gasteiger partial charge in [-0.25, -0.2) is 0 Å². The first-order valence-electron chi connectivity index (χ1n) is 11.5. The highest BCUT2D eigenvalue weighted by Gasteiger charge is 2.21. The SMILES string of the molecule is C=CCc1cccc(Oc2ccc(C(=O)CC)cc2)c1OCC[N+](C)(C)CC(=O)NCCC.[Br-]. The van der Waals surface area contributed by atoms with Crippen LogP contribution in [0.15, 0.2) is 55.1 Å². The second-order valence-electron chi connectivity index (χ2n) is 8.66. The van der Waals surface area contributed by atoms with Gasteiger partial charge in [-0.15, -0.1) is 6.58 Å². The summed E-state index contributed by atoms with van der Waals surface area (Å²) in [5.74, 6) is 2.05. The molecule has 0 unspecified atom stereocenters. The Balaban J connectivity index is 0.00000578. The average molecular weight is 534 g/mol. The monoisotopic (exact) mass is 532 g/mol. The molecule has 0 aromatic heterocycles. The summed E-state index contributed by atoms with van der Waals surface area (Å²) in [6.45, 7) is 9.91. The molecule has 0 saturated carbocycles. The highest BCUT2D eigenvalue weighted by molar-refractivity contribution is 5.95. The Bertz CT molecular complexity index is 942. The number of carbonyl (C=O) groups is 2. The van der Waals surface area contributed by atoms with Crippen LogP contribution >= 0.6 is 0 Å². The highest BCUT2D eigenvalue weighted by atomic mass is 79.9. The first kappa shape index (κ1) is 29.4. The molecule has 0 atom stereocenters. The van der Waals surface area contributed by atoms with Gasteiger partial charge in [0.15, 0.2) is 23.8 Å². The fraction of sp³-hybridized carbons (Fsp3) is 0.407. The predicted molar refractivity (Wildman–Crippen MR) is 132 cm³/mol. The number of benzene rings is 2. The molecule has 0 heterocycles. The lowest BCUT2D eigenvalue weighted by Crippen LogP contribution is -3.00. The number of ketones is 1. The van der Waals surface area contributed by atoms with Gasteiger partial charge in [-0.05, 0) is 43.2 Å². The van der Waals surface area contributed by atoms with E-state index in [1.165, 1.54) is 0 Å². The predicted octanol–water partition coefficient (Wildman–Crippen LogP) is 1.79. The lowest BCUT2D eigenvalue weighted by Gasteiger charge is -2.29. The molecule has 6 nitrogen and oxygen atoms in total. The second-order valence-corrected chi connectivity index (χ2v) is 8.66. The minimum atomic E-state index is 0. The molecule has 0 aliphatic rings. The molecule has 186 valence electrons. The number of carbonyl (C=O) groups excluding carboxylic acids is 2. The van der Waals surface area contributed by atoms with Crippen LogP contribution in [-0.4, -0.2) is 56.5 Å². The van der Waals surface area contributed by atoms with Crippen LogP contribution in [0.25, 0.3) is 0 Å². The molecule has 1 amide bonds. The molecule has 34 heavy (non-hydrogen) atoms. The summed E-state index contributed by atoms with van der Waals surface area (Å²) in [5.41, 5.74) is 1.65. The van der Waals surface area contributed by atoms with Gasteiger partial charge in [-0.1, -0.05) is 32.1 Å².